The molecule has 120 heavy (non-hydrogen) atoms. The van der Waals surface area contributed by atoms with Crippen LogP contribution in [0.4, 0.5) is 0 Å². The van der Waals surface area contributed by atoms with Crippen LogP contribution in [0.1, 0.15) is 438 Å². The molecule has 15 nitrogen and oxygen atoms in total. The summed E-state index contributed by atoms with van der Waals surface area (Å²) in [7, 11) is 0. The van der Waals surface area contributed by atoms with Crippen molar-refractivity contribution in [2.75, 3.05) is 0 Å². The smallest absolute Gasteiger partial charge is 0.262 e. The Morgan fingerprint density at radius 3 is 0.742 bits per heavy atom. The van der Waals surface area contributed by atoms with Crippen molar-refractivity contribution in [3.63, 3.8) is 0 Å². The topological polar surface area (TPSA) is 187 Å². The average molecular weight is 1670 g/mol. The number of fused-ring (bicyclic) bond motifs is 3. The maximum absolute atomic E-state index is 14.2. The van der Waals surface area contributed by atoms with E-state index in [0.717, 1.165) is 22.3 Å². The molecule has 1 saturated carbocycles. The molecule has 8 atom stereocenters. The summed E-state index contributed by atoms with van der Waals surface area (Å²) in [5, 5.41) is 0. The third-order valence-corrected chi connectivity index (χ3v) is 25.4. The summed E-state index contributed by atoms with van der Waals surface area (Å²) >= 11 is 0. The first kappa shape index (κ1) is 106. The van der Waals surface area contributed by atoms with Crippen molar-refractivity contribution >= 4 is 59.1 Å². The molecule has 2 aromatic rings. The second-order valence-electron chi connectivity index (χ2n) is 55.4. The van der Waals surface area contributed by atoms with Crippen LogP contribution in [0.5, 0.6) is 0 Å². The van der Waals surface area contributed by atoms with Crippen LogP contribution in [-0.4, -0.2) is 111 Å². The number of benzene rings is 2. The molecule has 15 heteroatoms. The highest BCUT2D eigenvalue weighted by Crippen LogP contribution is 2.66. The summed E-state index contributed by atoms with van der Waals surface area (Å²) in [5.74, 6) is -0.885. The number of rotatable bonds is 0. The van der Waals surface area contributed by atoms with Crippen LogP contribution in [0.15, 0.2) is 18.2 Å². The predicted octanol–water partition coefficient (Wildman–Crippen LogP) is 24.6. The number of piperidine rings is 1. The van der Waals surface area contributed by atoms with Gasteiger partial charge >= 0.3 is 0 Å². The van der Waals surface area contributed by atoms with Crippen molar-refractivity contribution in [1.29, 1.82) is 0 Å². The molecular weight excluding hydrogens is 1490 g/mol. The third kappa shape index (κ3) is 22.0. The van der Waals surface area contributed by atoms with Gasteiger partial charge in [0, 0.05) is 45.1 Å². The number of carbonyl (C=O) groups is 10. The molecule has 0 spiro atoms. The summed E-state index contributed by atoms with van der Waals surface area (Å²) in [5.41, 5.74) is 4.61. The molecule has 10 amide bonds. The molecule has 5 aliphatic heterocycles. The van der Waals surface area contributed by atoms with E-state index < -0.39 is 27.7 Å². The van der Waals surface area contributed by atoms with Gasteiger partial charge in [0.05, 0.1) is 41.2 Å². The highest BCUT2D eigenvalue weighted by Gasteiger charge is 2.70. The number of likely N-dealkylation sites (tertiary alicyclic amines) is 3. The van der Waals surface area contributed by atoms with Crippen molar-refractivity contribution in [2.24, 2.45) is 102 Å². The van der Waals surface area contributed by atoms with E-state index in [0.29, 0.717) is 17.0 Å². The fraction of sp³-hybridized carbons (Fsp3) is 0.790. The lowest BCUT2D eigenvalue weighted by Crippen LogP contribution is -2.66. The van der Waals surface area contributed by atoms with Gasteiger partial charge in [0.1, 0.15) is 0 Å². The Kier molecular flexibility index (Phi) is 29.1. The second-order valence-corrected chi connectivity index (χ2v) is 55.4. The van der Waals surface area contributed by atoms with Crippen molar-refractivity contribution in [3.8, 4) is 0 Å². The Balaban J connectivity index is 0.000000319. The van der Waals surface area contributed by atoms with Gasteiger partial charge in [-0.25, -0.2) is 0 Å². The molecular formula is C105H177N5O10. The van der Waals surface area contributed by atoms with Crippen molar-refractivity contribution < 1.29 is 47.9 Å². The molecule has 0 bridgehead atoms. The Hall–Kier alpha value is -5.86. The Bertz CT molecular complexity index is 4130. The molecule has 1 aliphatic carbocycles. The van der Waals surface area contributed by atoms with Crippen LogP contribution in [0.2, 0.25) is 0 Å². The second kappa shape index (κ2) is 32.8. The summed E-state index contributed by atoms with van der Waals surface area (Å²) in [6.45, 7) is 114. The number of hydrogen-bond donors (Lipinski definition) is 0. The first-order valence-corrected chi connectivity index (χ1v) is 45.0. The van der Waals surface area contributed by atoms with Crippen molar-refractivity contribution in [3.05, 3.63) is 68.3 Å². The lowest BCUT2D eigenvalue weighted by atomic mass is 9.53. The van der Waals surface area contributed by atoms with E-state index in [2.05, 4.69) is 228 Å². The van der Waals surface area contributed by atoms with Crippen molar-refractivity contribution in [2.45, 2.75) is 435 Å². The van der Waals surface area contributed by atoms with Gasteiger partial charge in [0.2, 0.25) is 41.4 Å². The lowest BCUT2D eigenvalue weighted by Gasteiger charge is -2.56. The van der Waals surface area contributed by atoms with Crippen LogP contribution in [0.25, 0.3) is 0 Å². The van der Waals surface area contributed by atoms with Gasteiger partial charge < -0.3 is 0 Å². The average Bonchev–Trinajstić information content (AvgIpc) is 1.15. The zero-order chi connectivity index (χ0) is 95.5. The van der Waals surface area contributed by atoms with Crippen LogP contribution in [0.3, 0.4) is 0 Å². The first-order chi connectivity index (χ1) is 52.3. The fourth-order valence-corrected chi connectivity index (χ4v) is 21.2. The number of imide groups is 5. The van der Waals surface area contributed by atoms with Gasteiger partial charge in [-0.2, -0.15) is 0 Å². The van der Waals surface area contributed by atoms with E-state index in [1.54, 1.807) is 15.9 Å². The van der Waals surface area contributed by atoms with Crippen LogP contribution in [0, 0.1) is 102 Å². The van der Waals surface area contributed by atoms with Crippen LogP contribution in [-0.2, 0) is 67.1 Å². The number of carbonyl (C=O) groups excluding carboxylic acids is 10. The minimum absolute atomic E-state index is 0.000394. The Morgan fingerprint density at radius 2 is 0.492 bits per heavy atom. The molecule has 8 unspecified atom stereocenters. The molecule has 4 fully saturated rings. The van der Waals surface area contributed by atoms with E-state index >= 15 is 0 Å². The molecule has 2 aromatic carbocycles. The number of amides is 10. The Labute approximate surface area is 733 Å². The van der Waals surface area contributed by atoms with Crippen LogP contribution >= 0.6 is 0 Å². The standard InChI is InChI=1S/C29H47NO2.C23H41NO2.C21H39NO2.C16H21NO2.C16H29NO2/c1-25(2,3)20-17-16-18(31)30(29(13,14)15)24(32)19(17)21(26(4,5)6)23(28(10,11)12)22(20)27(7,8)9;1-20(2,3)15-13-14(19(26)24(18(13)25)23(10,11)12)16(21(4,5)6)17(15)22(7,8)9;1-18(2,3)13-14(19(4,5)6)16(23)22(21(10,11)12)17(24)15(13)20(7,8)9;1-15(2,3)10-7-8-11-12(9-10)14(19)17(13(11)18)16(4,5)6;1-14(2,3)10-11(15(4,5)6)13(19)17(12(10)18)16(7,8)9/h16H2,1-15H3;13-17H,1-12H3;13-15H,1-12H3;7-9H,1-6H3;10-11H,1-9H3. The quantitative estimate of drug-likeness (QED) is 0.230. The molecule has 0 N–H and O–H groups in total. The first-order valence-electron chi connectivity index (χ1n) is 45.0. The molecule has 5 heterocycles. The molecule has 682 valence electrons. The largest absolute Gasteiger partial charge is 0.277 e. The molecule has 3 saturated heterocycles. The summed E-state index contributed by atoms with van der Waals surface area (Å²) in [4.78, 5) is 139. The van der Waals surface area contributed by atoms with Gasteiger partial charge in [-0.3, -0.25) is 72.4 Å². The molecule has 0 radical (unpaired) electrons. The SMILES string of the molecule is CC(C)(C)C1C(=O)N(C(C)(C)C)C(=O)C(C(C)(C)C)C1C(C)(C)C.CC(C)(C)C1C(=O)N(C(C)(C)C)C(=O)C1C(C)(C)C.CC(C)(C)C1C2C(=O)N(C(C)(C)C)C(=O)C2C(C(C)(C)C)C1C(C)(C)C.CC(C)(C)c1c2c(c(C(C)(C)C)c(C(C)(C)C)c1C(C)(C)C)C(=O)N(C(C)(C)C)C(=O)C2.CC(C)(C)c1ccc2c(c1)C(=O)N(C(C)(C)C)C2=O. The zero-order valence-corrected chi connectivity index (χ0v) is 87.0. The van der Waals surface area contributed by atoms with Gasteiger partial charge in [-0.1, -0.05) is 276 Å². The summed E-state index contributed by atoms with van der Waals surface area (Å²) in [6, 6.07) is 5.58. The highest BCUT2D eigenvalue weighted by molar-refractivity contribution is 6.22. The lowest BCUT2D eigenvalue weighted by molar-refractivity contribution is -0.181. The minimum atomic E-state index is -0.562. The number of hydrogen-bond acceptors (Lipinski definition) is 10. The van der Waals surface area contributed by atoms with Crippen molar-refractivity contribution in [1.82, 2.24) is 24.5 Å². The van der Waals surface area contributed by atoms with Gasteiger partial charge in [-0.05, 0) is 243 Å². The zero-order valence-electron chi connectivity index (χ0n) is 87.0. The molecule has 6 aliphatic rings. The van der Waals surface area contributed by atoms with E-state index in [9.17, 15) is 47.9 Å². The maximum Gasteiger partial charge on any atom is 0.262 e. The maximum atomic E-state index is 14.2. The summed E-state index contributed by atoms with van der Waals surface area (Å²) < 4.78 is 0. The molecule has 8 rings (SSSR count). The van der Waals surface area contributed by atoms with Gasteiger partial charge in [-0.15, -0.1) is 0 Å². The fourth-order valence-electron chi connectivity index (χ4n) is 21.2. The van der Waals surface area contributed by atoms with Gasteiger partial charge in [0.15, 0.2) is 0 Å². The molecule has 0 aromatic heterocycles. The van der Waals surface area contributed by atoms with E-state index in [-0.39, 0.29) is 189 Å². The Morgan fingerprint density at radius 1 is 0.233 bits per heavy atom. The highest BCUT2D eigenvalue weighted by atomic mass is 16.2. The number of nitrogens with zero attached hydrogens (tertiary/aromatic N) is 5. The normalized spacial score (nSPS) is 24.0. The van der Waals surface area contributed by atoms with E-state index in [1.807, 2.05) is 158 Å². The predicted molar refractivity (Wildman–Crippen MR) is 497 cm³/mol. The van der Waals surface area contributed by atoms with E-state index in [1.165, 1.54) is 31.4 Å². The third-order valence-electron chi connectivity index (χ3n) is 25.4. The van der Waals surface area contributed by atoms with Crippen LogP contribution < -0.4 is 0 Å². The summed E-state index contributed by atoms with van der Waals surface area (Å²) in [6.07, 6.45) is 0.279. The van der Waals surface area contributed by atoms with E-state index in [4.69, 9.17) is 0 Å². The van der Waals surface area contributed by atoms with Gasteiger partial charge in [0.25, 0.3) is 17.7 Å². The monoisotopic (exact) mass is 1670 g/mol. The minimum Gasteiger partial charge on any atom is -0.277 e.